The van der Waals surface area contributed by atoms with Gasteiger partial charge in [0.05, 0.1) is 16.9 Å². The van der Waals surface area contributed by atoms with E-state index in [1.165, 1.54) is 16.9 Å². The second-order valence-corrected chi connectivity index (χ2v) is 5.33. The Labute approximate surface area is 108 Å². The molecule has 6 heteroatoms. The van der Waals surface area contributed by atoms with Gasteiger partial charge < -0.3 is 10.4 Å². The van der Waals surface area contributed by atoms with E-state index in [1.54, 1.807) is 0 Å². The summed E-state index contributed by atoms with van der Waals surface area (Å²) >= 11 is 1.31. The van der Waals surface area contributed by atoms with Crippen molar-refractivity contribution in [1.29, 1.82) is 0 Å². The smallest absolute Gasteiger partial charge is 0.346 e. The highest BCUT2D eigenvalue weighted by Crippen LogP contribution is 2.45. The van der Waals surface area contributed by atoms with Crippen molar-refractivity contribution in [2.45, 2.75) is 12.8 Å². The molecule has 0 spiro atoms. The molecular weight excluding hydrogens is 250 g/mol. The molecule has 0 amide bonds. The Kier molecular flexibility index (Phi) is 2.41. The second kappa shape index (κ2) is 3.84. The first-order valence-corrected chi connectivity index (χ1v) is 6.53. The first-order chi connectivity index (χ1) is 8.63. The summed E-state index contributed by atoms with van der Waals surface area (Å²) in [7, 11) is 3.72. The number of anilines is 1. The van der Waals surface area contributed by atoms with Gasteiger partial charge in [0.25, 0.3) is 0 Å². The van der Waals surface area contributed by atoms with Gasteiger partial charge in [0.15, 0.2) is 0 Å². The molecule has 2 aromatic heterocycles. The summed E-state index contributed by atoms with van der Waals surface area (Å²) in [5.74, 6) is -0.844. The lowest BCUT2D eigenvalue weighted by Crippen LogP contribution is -2.08. The lowest BCUT2D eigenvalue weighted by Gasteiger charge is -2.15. The summed E-state index contributed by atoms with van der Waals surface area (Å²) in [5, 5.41) is 17.6. The van der Waals surface area contributed by atoms with Crippen LogP contribution in [0.25, 0.3) is 11.3 Å². The van der Waals surface area contributed by atoms with E-state index in [0.29, 0.717) is 4.88 Å². The Hall–Kier alpha value is -1.82. The van der Waals surface area contributed by atoms with Crippen LogP contribution < -0.4 is 5.32 Å². The average molecular weight is 263 g/mol. The first-order valence-electron chi connectivity index (χ1n) is 5.71. The standard InChI is InChI=1S/C12H13N3O2S/c1-13-11-8-7(10(18-11)12(16)17)4-3-6-5-14-15(2)9(6)8/h5,13H,3-4H2,1-2H3,(H,16,17). The number of nitrogens with zero attached hydrogens (tertiary/aromatic N) is 2. The lowest BCUT2D eigenvalue weighted by molar-refractivity contribution is 0.0701. The molecule has 0 atom stereocenters. The number of carboxylic acids is 1. The van der Waals surface area contributed by atoms with Crippen LogP contribution in [0.3, 0.4) is 0 Å². The van der Waals surface area contributed by atoms with E-state index in [4.69, 9.17) is 0 Å². The molecule has 0 saturated carbocycles. The SMILES string of the molecule is CNc1sc(C(=O)O)c2c1-c1c(cnn1C)CC2. The maximum Gasteiger partial charge on any atom is 0.346 e. The molecule has 0 bridgehead atoms. The molecule has 2 aromatic rings. The molecule has 1 aliphatic carbocycles. The van der Waals surface area contributed by atoms with Gasteiger partial charge in [-0.05, 0) is 24.0 Å². The van der Waals surface area contributed by atoms with Crippen LogP contribution in [0, 0.1) is 0 Å². The third-order valence-electron chi connectivity index (χ3n) is 3.32. The number of aromatic nitrogens is 2. The van der Waals surface area contributed by atoms with Crippen molar-refractivity contribution in [1.82, 2.24) is 9.78 Å². The van der Waals surface area contributed by atoms with E-state index in [-0.39, 0.29) is 0 Å². The quantitative estimate of drug-likeness (QED) is 0.869. The molecule has 0 fully saturated rings. The summed E-state index contributed by atoms with van der Waals surface area (Å²) in [6.45, 7) is 0. The van der Waals surface area contributed by atoms with Crippen LogP contribution in [0.15, 0.2) is 6.20 Å². The molecule has 94 valence electrons. The van der Waals surface area contributed by atoms with Gasteiger partial charge >= 0.3 is 5.97 Å². The third kappa shape index (κ3) is 1.38. The van der Waals surface area contributed by atoms with Crippen molar-refractivity contribution in [2.75, 3.05) is 12.4 Å². The van der Waals surface area contributed by atoms with Gasteiger partial charge in [-0.3, -0.25) is 4.68 Å². The van der Waals surface area contributed by atoms with E-state index in [2.05, 4.69) is 10.4 Å². The monoisotopic (exact) mass is 263 g/mol. The van der Waals surface area contributed by atoms with Crippen LogP contribution in [0.4, 0.5) is 5.00 Å². The molecule has 0 aromatic carbocycles. The normalized spacial score (nSPS) is 13.0. The van der Waals surface area contributed by atoms with Gasteiger partial charge in [-0.25, -0.2) is 4.79 Å². The van der Waals surface area contributed by atoms with Gasteiger partial charge in [0.1, 0.15) is 4.88 Å². The molecule has 0 radical (unpaired) electrons. The number of nitrogens with one attached hydrogen (secondary N) is 1. The molecule has 2 N–H and O–H groups in total. The minimum Gasteiger partial charge on any atom is -0.477 e. The van der Waals surface area contributed by atoms with E-state index in [9.17, 15) is 9.90 Å². The van der Waals surface area contributed by atoms with Gasteiger partial charge in [-0.2, -0.15) is 5.10 Å². The zero-order valence-corrected chi connectivity index (χ0v) is 11.0. The summed E-state index contributed by atoms with van der Waals surface area (Å²) < 4.78 is 1.83. The Morgan fingerprint density at radius 2 is 2.33 bits per heavy atom. The first kappa shape index (κ1) is 11.3. The fraction of sp³-hybridized carbons (Fsp3) is 0.333. The van der Waals surface area contributed by atoms with Crippen LogP contribution >= 0.6 is 11.3 Å². The Morgan fingerprint density at radius 3 is 3.00 bits per heavy atom. The number of hydrogen-bond acceptors (Lipinski definition) is 4. The van der Waals surface area contributed by atoms with Crippen LogP contribution in [0.2, 0.25) is 0 Å². The summed E-state index contributed by atoms with van der Waals surface area (Å²) in [6.07, 6.45) is 3.50. The van der Waals surface area contributed by atoms with E-state index in [1.807, 2.05) is 25.0 Å². The molecule has 0 saturated heterocycles. The Balaban J connectivity index is 2.32. The molecular formula is C12H13N3O2S. The molecule has 5 nitrogen and oxygen atoms in total. The maximum atomic E-state index is 11.3. The number of aryl methyl sites for hydroxylation is 2. The Morgan fingerprint density at radius 1 is 1.56 bits per heavy atom. The number of aromatic carboxylic acids is 1. The number of fused-ring (bicyclic) bond motifs is 3. The molecule has 2 heterocycles. The van der Waals surface area contributed by atoms with E-state index in [0.717, 1.165) is 34.7 Å². The van der Waals surface area contributed by atoms with Gasteiger partial charge in [0.2, 0.25) is 0 Å². The highest BCUT2D eigenvalue weighted by molar-refractivity contribution is 7.18. The number of carbonyl (C=O) groups is 1. The topological polar surface area (TPSA) is 67.2 Å². The largest absolute Gasteiger partial charge is 0.477 e. The summed E-state index contributed by atoms with van der Waals surface area (Å²) in [6, 6.07) is 0. The third-order valence-corrected chi connectivity index (χ3v) is 4.56. The predicted octanol–water partition coefficient (Wildman–Crippen LogP) is 1.99. The predicted molar refractivity (Wildman–Crippen MR) is 70.4 cm³/mol. The van der Waals surface area contributed by atoms with Crippen LogP contribution in [0.1, 0.15) is 20.8 Å². The zero-order chi connectivity index (χ0) is 12.9. The van der Waals surface area contributed by atoms with Crippen LogP contribution in [-0.4, -0.2) is 27.9 Å². The Bertz CT molecular complexity index is 642. The lowest BCUT2D eigenvalue weighted by atomic mass is 9.91. The van der Waals surface area contributed by atoms with Crippen molar-refractivity contribution >= 4 is 22.3 Å². The minimum absolute atomic E-state index is 0.446. The number of carboxylic acid groups (broad SMARTS) is 1. The number of thiophene rings is 1. The molecule has 0 unspecified atom stereocenters. The van der Waals surface area contributed by atoms with E-state index >= 15 is 0 Å². The highest BCUT2D eigenvalue weighted by Gasteiger charge is 2.29. The van der Waals surface area contributed by atoms with Crippen molar-refractivity contribution in [3.63, 3.8) is 0 Å². The van der Waals surface area contributed by atoms with Gasteiger partial charge in [-0.1, -0.05) is 0 Å². The number of hydrogen-bond donors (Lipinski definition) is 2. The molecule has 1 aliphatic rings. The molecule has 18 heavy (non-hydrogen) atoms. The van der Waals surface area contributed by atoms with Crippen molar-refractivity contribution in [2.24, 2.45) is 7.05 Å². The van der Waals surface area contributed by atoms with Crippen molar-refractivity contribution in [3.05, 3.63) is 22.2 Å². The number of rotatable bonds is 2. The van der Waals surface area contributed by atoms with Crippen LogP contribution in [-0.2, 0) is 19.9 Å². The van der Waals surface area contributed by atoms with Crippen LogP contribution in [0.5, 0.6) is 0 Å². The fourth-order valence-electron chi connectivity index (χ4n) is 2.55. The van der Waals surface area contributed by atoms with Crippen molar-refractivity contribution in [3.8, 4) is 11.3 Å². The van der Waals surface area contributed by atoms with Gasteiger partial charge in [0, 0.05) is 19.7 Å². The van der Waals surface area contributed by atoms with Gasteiger partial charge in [-0.15, -0.1) is 11.3 Å². The maximum absolute atomic E-state index is 11.3. The van der Waals surface area contributed by atoms with E-state index < -0.39 is 5.97 Å². The highest BCUT2D eigenvalue weighted by atomic mass is 32.1. The summed E-state index contributed by atoms with van der Waals surface area (Å²) in [4.78, 5) is 11.7. The molecule has 3 rings (SSSR count). The average Bonchev–Trinajstić information content (AvgIpc) is 2.89. The molecule has 0 aliphatic heterocycles. The zero-order valence-electron chi connectivity index (χ0n) is 10.1. The summed E-state index contributed by atoms with van der Waals surface area (Å²) in [5.41, 5.74) is 4.19. The fourth-order valence-corrected chi connectivity index (χ4v) is 3.59. The minimum atomic E-state index is -0.844. The van der Waals surface area contributed by atoms with Crippen molar-refractivity contribution < 1.29 is 9.90 Å². The second-order valence-electron chi connectivity index (χ2n) is 4.31.